The average molecular weight is 561 g/mol. The third-order valence-electron chi connectivity index (χ3n) is 6.47. The van der Waals surface area contributed by atoms with Gasteiger partial charge in [0.05, 0.1) is 26.0 Å². The normalized spacial score (nSPS) is 11.1. The van der Waals surface area contributed by atoms with Gasteiger partial charge in [0.1, 0.15) is 27.8 Å². The molecule has 1 amide bonds. The molecule has 40 heavy (non-hydrogen) atoms. The van der Waals surface area contributed by atoms with Crippen molar-refractivity contribution in [2.75, 3.05) is 13.7 Å². The molecular formula is C31H32N2O6S. The van der Waals surface area contributed by atoms with Crippen LogP contribution in [0.1, 0.15) is 30.0 Å². The molecule has 0 bridgehead atoms. The molecular weight excluding hydrogens is 528 g/mol. The van der Waals surface area contributed by atoms with Gasteiger partial charge < -0.3 is 19.3 Å². The highest BCUT2D eigenvalue weighted by atomic mass is 32.1. The predicted octanol–water partition coefficient (Wildman–Crippen LogP) is 6.61. The number of carbonyl (C=O) groups is 2. The second-order valence-corrected chi connectivity index (χ2v) is 10.8. The molecule has 3 aromatic carbocycles. The van der Waals surface area contributed by atoms with Crippen molar-refractivity contribution in [2.45, 2.75) is 39.3 Å². The van der Waals surface area contributed by atoms with Crippen LogP contribution in [0.25, 0.3) is 10.6 Å². The number of carboxylic acid groups (broad SMARTS) is 1. The van der Waals surface area contributed by atoms with E-state index < -0.39 is 17.6 Å². The molecule has 1 N–H and O–H groups in total. The zero-order valence-electron chi connectivity index (χ0n) is 22.9. The minimum absolute atomic E-state index is 0.0366. The molecule has 208 valence electrons. The fourth-order valence-corrected chi connectivity index (χ4v) is 4.87. The van der Waals surface area contributed by atoms with E-state index in [-0.39, 0.29) is 12.3 Å². The molecule has 9 heteroatoms. The first-order valence-electron chi connectivity index (χ1n) is 12.8. The molecule has 0 spiro atoms. The number of benzene rings is 3. The number of nitrogens with zero attached hydrogens (tertiary/aromatic N) is 2. The summed E-state index contributed by atoms with van der Waals surface area (Å²) < 4.78 is 16.6. The lowest BCUT2D eigenvalue weighted by Gasteiger charge is -2.34. The summed E-state index contributed by atoms with van der Waals surface area (Å²) in [6, 6.07) is 23.8. The van der Waals surface area contributed by atoms with Crippen LogP contribution in [-0.2, 0) is 17.8 Å². The van der Waals surface area contributed by atoms with Gasteiger partial charge in [0.25, 0.3) is 0 Å². The van der Waals surface area contributed by atoms with Crippen molar-refractivity contribution in [3.05, 3.63) is 95.0 Å². The minimum atomic E-state index is -1.51. The predicted molar refractivity (Wildman–Crippen MR) is 154 cm³/mol. The van der Waals surface area contributed by atoms with Crippen LogP contribution in [0.2, 0.25) is 0 Å². The third-order valence-corrected chi connectivity index (χ3v) is 7.53. The van der Waals surface area contributed by atoms with Crippen molar-refractivity contribution in [1.29, 1.82) is 0 Å². The van der Waals surface area contributed by atoms with E-state index in [2.05, 4.69) is 19.1 Å². The molecule has 1 aromatic heterocycles. The van der Waals surface area contributed by atoms with Crippen LogP contribution < -0.4 is 14.2 Å². The molecule has 0 saturated heterocycles. The highest BCUT2D eigenvalue weighted by Crippen LogP contribution is 2.28. The fourth-order valence-electron chi connectivity index (χ4n) is 3.91. The number of thiazole rings is 1. The van der Waals surface area contributed by atoms with Gasteiger partial charge >= 0.3 is 12.1 Å². The maximum Gasteiger partial charge on any atom is 0.416 e. The Balaban J connectivity index is 1.38. The van der Waals surface area contributed by atoms with Crippen LogP contribution in [0.15, 0.2) is 78.9 Å². The summed E-state index contributed by atoms with van der Waals surface area (Å²) in [6.45, 7) is 5.50. The first kappa shape index (κ1) is 28.6. The number of ether oxygens (including phenoxy) is 3. The van der Waals surface area contributed by atoms with E-state index in [4.69, 9.17) is 19.2 Å². The van der Waals surface area contributed by atoms with Gasteiger partial charge in [-0.3, -0.25) is 4.90 Å². The zero-order valence-corrected chi connectivity index (χ0v) is 23.7. The van der Waals surface area contributed by atoms with Gasteiger partial charge in [-0.25, -0.2) is 14.6 Å². The molecule has 0 aliphatic heterocycles. The number of hydrogen-bond donors (Lipinski definition) is 1. The van der Waals surface area contributed by atoms with Gasteiger partial charge in [-0.1, -0.05) is 42.5 Å². The van der Waals surface area contributed by atoms with Crippen LogP contribution in [-0.4, -0.2) is 46.3 Å². The molecule has 0 radical (unpaired) electrons. The van der Waals surface area contributed by atoms with Gasteiger partial charge in [-0.2, -0.15) is 0 Å². The van der Waals surface area contributed by atoms with E-state index in [0.29, 0.717) is 24.5 Å². The summed E-state index contributed by atoms with van der Waals surface area (Å²) in [5.41, 5.74) is 1.34. The number of rotatable bonds is 11. The van der Waals surface area contributed by atoms with Crippen LogP contribution >= 0.6 is 11.3 Å². The van der Waals surface area contributed by atoms with Crippen LogP contribution in [0.5, 0.6) is 17.2 Å². The number of aliphatic carboxylic acids is 1. The van der Waals surface area contributed by atoms with Crippen LogP contribution in [0.4, 0.5) is 4.79 Å². The second-order valence-electron chi connectivity index (χ2n) is 9.62. The Morgan fingerprint density at radius 1 is 0.925 bits per heavy atom. The maximum atomic E-state index is 13.1. The Kier molecular flexibility index (Phi) is 9.06. The molecule has 0 saturated carbocycles. The molecule has 1 heterocycles. The van der Waals surface area contributed by atoms with Gasteiger partial charge in [0.2, 0.25) is 0 Å². The van der Waals surface area contributed by atoms with Crippen molar-refractivity contribution in [1.82, 2.24) is 9.88 Å². The number of hydrogen-bond acceptors (Lipinski definition) is 7. The molecule has 4 rings (SSSR count). The lowest BCUT2D eigenvalue weighted by Crippen LogP contribution is -2.53. The van der Waals surface area contributed by atoms with E-state index in [1.165, 1.54) is 30.7 Å². The smallest absolute Gasteiger partial charge is 0.416 e. The maximum absolute atomic E-state index is 13.1. The van der Waals surface area contributed by atoms with E-state index >= 15 is 0 Å². The molecule has 0 aliphatic rings. The summed E-state index contributed by atoms with van der Waals surface area (Å²) in [4.78, 5) is 32.2. The molecule has 0 aliphatic carbocycles. The van der Waals surface area contributed by atoms with Crippen molar-refractivity contribution < 1.29 is 28.9 Å². The SMILES string of the molecule is COc1ccc(OC(=O)N(Cc2ccc(OCCc3nc(-c4ccccc4)sc3C)cc2)C(C)(C)C(=O)O)cc1. The Morgan fingerprint density at radius 2 is 1.55 bits per heavy atom. The zero-order chi connectivity index (χ0) is 28.7. The number of aromatic nitrogens is 1. The quantitative estimate of drug-likeness (QED) is 0.220. The summed E-state index contributed by atoms with van der Waals surface area (Å²) in [7, 11) is 1.54. The topological polar surface area (TPSA) is 98.2 Å². The molecule has 8 nitrogen and oxygen atoms in total. The standard InChI is InChI=1S/C31H32N2O6S/c1-21-27(32-28(40-21)23-8-6-5-7-9-23)18-19-38-25-12-10-22(11-13-25)20-33(31(2,3)29(34)35)30(36)39-26-16-14-24(37-4)15-17-26/h5-17H,18-20H2,1-4H3,(H,34,35). The second kappa shape index (κ2) is 12.7. The first-order valence-corrected chi connectivity index (χ1v) is 13.6. The Hall–Kier alpha value is -4.37. The Bertz CT molecular complexity index is 1430. The van der Waals surface area contributed by atoms with Gasteiger partial charge in [0, 0.05) is 16.9 Å². The minimum Gasteiger partial charge on any atom is -0.497 e. The number of carboxylic acids is 1. The number of carbonyl (C=O) groups excluding carboxylic acids is 1. The number of amides is 1. The largest absolute Gasteiger partial charge is 0.497 e. The lowest BCUT2D eigenvalue weighted by molar-refractivity contribution is -0.148. The van der Waals surface area contributed by atoms with Crippen molar-refractivity contribution >= 4 is 23.4 Å². The molecule has 0 unspecified atom stereocenters. The number of aryl methyl sites for hydroxylation is 1. The fraction of sp³-hybridized carbons (Fsp3) is 0.258. The van der Waals surface area contributed by atoms with Gasteiger partial charge in [0.15, 0.2) is 0 Å². The van der Waals surface area contributed by atoms with Crippen LogP contribution in [0.3, 0.4) is 0 Å². The van der Waals surface area contributed by atoms with E-state index in [1.807, 2.05) is 30.3 Å². The summed E-state index contributed by atoms with van der Waals surface area (Å²) in [5, 5.41) is 10.8. The average Bonchev–Trinajstić information content (AvgIpc) is 3.33. The van der Waals surface area contributed by atoms with Crippen LogP contribution in [0, 0.1) is 6.92 Å². The third kappa shape index (κ3) is 6.98. The van der Waals surface area contributed by atoms with E-state index in [1.54, 1.807) is 47.7 Å². The van der Waals surface area contributed by atoms with Crippen molar-refractivity contribution in [3.8, 4) is 27.8 Å². The van der Waals surface area contributed by atoms with Crippen molar-refractivity contribution in [3.63, 3.8) is 0 Å². The highest BCUT2D eigenvalue weighted by molar-refractivity contribution is 7.15. The molecule has 0 atom stereocenters. The Labute approximate surface area is 237 Å². The number of methoxy groups -OCH3 is 1. The summed E-state index contributed by atoms with van der Waals surface area (Å²) >= 11 is 1.67. The van der Waals surface area contributed by atoms with E-state index in [0.717, 1.165) is 21.8 Å². The Morgan fingerprint density at radius 3 is 2.17 bits per heavy atom. The van der Waals surface area contributed by atoms with Crippen molar-refractivity contribution in [2.24, 2.45) is 0 Å². The summed E-state index contributed by atoms with van der Waals surface area (Å²) in [5.74, 6) is 0.423. The van der Waals surface area contributed by atoms with Gasteiger partial charge in [-0.05, 0) is 62.7 Å². The molecule has 4 aromatic rings. The molecule has 0 fully saturated rings. The first-order chi connectivity index (χ1) is 19.2. The summed E-state index contributed by atoms with van der Waals surface area (Å²) in [6.07, 6.45) is -0.0966. The van der Waals surface area contributed by atoms with Gasteiger partial charge in [-0.15, -0.1) is 11.3 Å². The highest BCUT2D eigenvalue weighted by Gasteiger charge is 2.39. The monoisotopic (exact) mass is 560 g/mol. The van der Waals surface area contributed by atoms with E-state index in [9.17, 15) is 14.7 Å². The lowest BCUT2D eigenvalue weighted by atomic mass is 10.0.